The quantitative estimate of drug-likeness (QED) is 0.284. The van der Waals surface area contributed by atoms with Gasteiger partial charge in [-0.05, 0) is 26.8 Å². The van der Waals surface area contributed by atoms with Gasteiger partial charge in [-0.25, -0.2) is 4.79 Å². The monoisotopic (exact) mass is 198 g/mol. The van der Waals surface area contributed by atoms with Crippen LogP contribution in [0.2, 0.25) is 0 Å². The van der Waals surface area contributed by atoms with Crippen molar-refractivity contribution in [2.75, 3.05) is 13.2 Å². The van der Waals surface area contributed by atoms with E-state index < -0.39 is 0 Å². The van der Waals surface area contributed by atoms with Gasteiger partial charge in [0.2, 0.25) is 0 Å². The number of carbonyl (C=O) groups excluding carboxylic acids is 1. The van der Waals surface area contributed by atoms with Crippen LogP contribution in [0.4, 0.5) is 0 Å². The van der Waals surface area contributed by atoms with Crippen LogP contribution in [0.15, 0.2) is 24.3 Å². The van der Waals surface area contributed by atoms with Crippen LogP contribution < -0.4 is 0 Å². The van der Waals surface area contributed by atoms with E-state index in [9.17, 15) is 4.79 Å². The number of carbonyl (C=O) groups is 1. The Kier molecular flexibility index (Phi) is 6.76. The third-order valence-electron chi connectivity index (χ3n) is 1.41. The minimum absolute atomic E-state index is 0.0834. The van der Waals surface area contributed by atoms with E-state index in [1.54, 1.807) is 19.1 Å². The van der Waals surface area contributed by atoms with Gasteiger partial charge in [-0.2, -0.15) is 0 Å². The molecular weight excluding hydrogens is 180 g/mol. The summed E-state index contributed by atoms with van der Waals surface area (Å²) in [4.78, 5) is 11.3. The number of hydrogen-bond acceptors (Lipinski definition) is 3. The number of hydrogen-bond donors (Lipinski definition) is 0. The predicted octanol–water partition coefficient (Wildman–Crippen LogP) is 2.09. The van der Waals surface area contributed by atoms with Crippen molar-refractivity contribution in [1.82, 2.24) is 0 Å². The van der Waals surface area contributed by atoms with Gasteiger partial charge in [0.25, 0.3) is 0 Å². The standard InChI is InChI=1S/C11H18O3/c1-5-7-13-8-6-10(4)11(12)14-9(2)3/h5-6,9H,1,7-8H2,2-4H3/b10-6+. The van der Waals surface area contributed by atoms with E-state index in [0.29, 0.717) is 18.8 Å². The first-order valence-electron chi connectivity index (χ1n) is 4.64. The lowest BCUT2D eigenvalue weighted by Crippen LogP contribution is -2.12. The highest BCUT2D eigenvalue weighted by Crippen LogP contribution is 1.99. The second kappa shape index (κ2) is 7.33. The van der Waals surface area contributed by atoms with Gasteiger partial charge in [-0.3, -0.25) is 0 Å². The molecule has 0 aromatic carbocycles. The molecule has 14 heavy (non-hydrogen) atoms. The largest absolute Gasteiger partial charge is 0.460 e. The number of esters is 1. The molecule has 0 unspecified atom stereocenters. The molecule has 0 amide bonds. The summed E-state index contributed by atoms with van der Waals surface area (Å²) in [5, 5.41) is 0. The third kappa shape index (κ3) is 6.43. The fourth-order valence-electron chi connectivity index (χ4n) is 0.726. The molecule has 80 valence electrons. The Morgan fingerprint density at radius 1 is 1.43 bits per heavy atom. The van der Waals surface area contributed by atoms with Crippen LogP contribution in [0.25, 0.3) is 0 Å². The van der Waals surface area contributed by atoms with E-state index in [0.717, 1.165) is 0 Å². The van der Waals surface area contributed by atoms with Gasteiger partial charge in [-0.1, -0.05) is 6.08 Å². The molecule has 0 radical (unpaired) electrons. The van der Waals surface area contributed by atoms with Crippen LogP contribution in [0.5, 0.6) is 0 Å². The molecule has 0 saturated heterocycles. The Hall–Kier alpha value is -1.09. The molecule has 0 saturated carbocycles. The second-order valence-corrected chi connectivity index (χ2v) is 3.17. The predicted molar refractivity (Wildman–Crippen MR) is 56.0 cm³/mol. The highest BCUT2D eigenvalue weighted by molar-refractivity contribution is 5.87. The maximum absolute atomic E-state index is 11.3. The Morgan fingerprint density at radius 2 is 2.07 bits per heavy atom. The number of rotatable bonds is 6. The molecule has 0 N–H and O–H groups in total. The summed E-state index contributed by atoms with van der Waals surface area (Å²) >= 11 is 0. The summed E-state index contributed by atoms with van der Waals surface area (Å²) in [5.74, 6) is -0.290. The lowest BCUT2D eigenvalue weighted by atomic mass is 10.3. The molecule has 0 bridgehead atoms. The summed E-state index contributed by atoms with van der Waals surface area (Å²) < 4.78 is 10.1. The van der Waals surface area contributed by atoms with Crippen LogP contribution in [-0.2, 0) is 14.3 Å². The summed E-state index contributed by atoms with van der Waals surface area (Å²) in [5.41, 5.74) is 0.572. The molecule has 0 aromatic rings. The molecule has 0 atom stereocenters. The topological polar surface area (TPSA) is 35.5 Å². The van der Waals surface area contributed by atoms with Crippen molar-refractivity contribution in [3.05, 3.63) is 24.3 Å². The van der Waals surface area contributed by atoms with Crippen LogP contribution in [-0.4, -0.2) is 25.3 Å². The normalized spacial score (nSPS) is 11.6. The van der Waals surface area contributed by atoms with Crippen molar-refractivity contribution in [3.8, 4) is 0 Å². The molecule has 0 aromatic heterocycles. The molecule has 0 rings (SSSR count). The fraction of sp³-hybridized carbons (Fsp3) is 0.545. The van der Waals surface area contributed by atoms with E-state index in [-0.39, 0.29) is 12.1 Å². The Morgan fingerprint density at radius 3 is 2.57 bits per heavy atom. The first kappa shape index (κ1) is 12.9. The first-order valence-corrected chi connectivity index (χ1v) is 4.64. The number of ether oxygens (including phenoxy) is 2. The van der Waals surface area contributed by atoms with Gasteiger partial charge in [0.1, 0.15) is 0 Å². The molecule has 0 heterocycles. The summed E-state index contributed by atoms with van der Waals surface area (Å²) in [7, 11) is 0. The van der Waals surface area contributed by atoms with Crippen molar-refractivity contribution < 1.29 is 14.3 Å². The van der Waals surface area contributed by atoms with Crippen molar-refractivity contribution in [3.63, 3.8) is 0 Å². The van der Waals surface area contributed by atoms with E-state index in [1.807, 2.05) is 13.8 Å². The second-order valence-electron chi connectivity index (χ2n) is 3.17. The molecule has 3 nitrogen and oxygen atoms in total. The summed E-state index contributed by atoms with van der Waals surface area (Å²) in [6, 6.07) is 0. The maximum atomic E-state index is 11.3. The highest BCUT2D eigenvalue weighted by atomic mass is 16.5. The molecular formula is C11H18O3. The summed E-state index contributed by atoms with van der Waals surface area (Å²) in [6.45, 7) is 9.76. The van der Waals surface area contributed by atoms with Gasteiger partial charge in [0, 0.05) is 5.57 Å². The molecule has 0 spiro atoms. The maximum Gasteiger partial charge on any atom is 0.333 e. The van der Waals surface area contributed by atoms with Crippen molar-refractivity contribution in [2.24, 2.45) is 0 Å². The molecule has 0 aliphatic rings. The van der Waals surface area contributed by atoms with Crippen LogP contribution in [0.3, 0.4) is 0 Å². The van der Waals surface area contributed by atoms with Crippen LogP contribution in [0.1, 0.15) is 20.8 Å². The zero-order valence-corrected chi connectivity index (χ0v) is 9.08. The zero-order valence-electron chi connectivity index (χ0n) is 9.08. The lowest BCUT2D eigenvalue weighted by molar-refractivity contribution is -0.142. The van der Waals surface area contributed by atoms with Gasteiger partial charge in [0.15, 0.2) is 0 Å². The SMILES string of the molecule is C=CCOC/C=C(\C)C(=O)OC(C)C. The van der Waals surface area contributed by atoms with E-state index >= 15 is 0 Å². The summed E-state index contributed by atoms with van der Waals surface area (Å²) in [6.07, 6.45) is 3.28. The average molecular weight is 198 g/mol. The lowest BCUT2D eigenvalue weighted by Gasteiger charge is -2.07. The van der Waals surface area contributed by atoms with Crippen LogP contribution in [0, 0.1) is 0 Å². The zero-order chi connectivity index (χ0) is 11.0. The van der Waals surface area contributed by atoms with Crippen molar-refractivity contribution >= 4 is 5.97 Å². The Labute approximate surface area is 85.4 Å². The third-order valence-corrected chi connectivity index (χ3v) is 1.41. The van der Waals surface area contributed by atoms with Crippen LogP contribution >= 0.6 is 0 Å². The molecule has 0 fully saturated rings. The van der Waals surface area contributed by atoms with Gasteiger partial charge < -0.3 is 9.47 Å². The minimum Gasteiger partial charge on any atom is -0.460 e. The van der Waals surface area contributed by atoms with Gasteiger partial charge in [0.05, 0.1) is 19.3 Å². The smallest absolute Gasteiger partial charge is 0.333 e. The Balaban J connectivity index is 3.85. The Bertz CT molecular complexity index is 217. The van der Waals surface area contributed by atoms with E-state index in [2.05, 4.69) is 6.58 Å². The van der Waals surface area contributed by atoms with Crippen molar-refractivity contribution in [2.45, 2.75) is 26.9 Å². The molecule has 3 heteroatoms. The molecule has 0 aliphatic carbocycles. The average Bonchev–Trinajstić information content (AvgIpc) is 2.11. The van der Waals surface area contributed by atoms with E-state index in [4.69, 9.17) is 9.47 Å². The van der Waals surface area contributed by atoms with Crippen molar-refractivity contribution in [1.29, 1.82) is 0 Å². The van der Waals surface area contributed by atoms with E-state index in [1.165, 1.54) is 0 Å². The molecule has 0 aliphatic heterocycles. The first-order chi connectivity index (χ1) is 6.57. The minimum atomic E-state index is -0.290. The van der Waals surface area contributed by atoms with Gasteiger partial charge >= 0.3 is 5.97 Å². The van der Waals surface area contributed by atoms with Gasteiger partial charge in [-0.15, -0.1) is 6.58 Å². The highest BCUT2D eigenvalue weighted by Gasteiger charge is 2.06. The fourth-order valence-corrected chi connectivity index (χ4v) is 0.726.